The predicted molar refractivity (Wildman–Crippen MR) is 148 cm³/mol. The number of alkyl halides is 3. The van der Waals surface area contributed by atoms with E-state index < -0.39 is 24.0 Å². The summed E-state index contributed by atoms with van der Waals surface area (Å²) in [4.78, 5) is 24.6. The molecular formula is C31H47F3O5. The largest absolute Gasteiger partial charge is 0.494 e. The smallest absolute Gasteiger partial charge is 0.389 e. The van der Waals surface area contributed by atoms with Crippen molar-refractivity contribution in [3.05, 3.63) is 35.9 Å². The molecule has 0 saturated carbocycles. The van der Waals surface area contributed by atoms with Crippen molar-refractivity contribution < 1.29 is 37.0 Å². The maximum absolute atomic E-state index is 13.0. The molecule has 222 valence electrons. The van der Waals surface area contributed by atoms with E-state index in [0.717, 1.165) is 37.7 Å². The SMILES string of the molecule is CC(C)(C)CC(C)(C(=O)OCCCCCCOc1ccc(/C=C/C(=O)OCCCC(F)(F)F)cc1)C(C)(C)C. The first-order valence-electron chi connectivity index (χ1n) is 13.7. The van der Waals surface area contributed by atoms with Crippen LogP contribution >= 0.6 is 0 Å². The molecule has 1 atom stereocenters. The molecule has 1 rings (SSSR count). The minimum absolute atomic E-state index is 0.0244. The molecule has 0 aliphatic carbocycles. The molecule has 5 nitrogen and oxygen atoms in total. The first-order chi connectivity index (χ1) is 17.9. The first kappa shape index (κ1) is 34.5. The summed E-state index contributed by atoms with van der Waals surface area (Å²) in [5.41, 5.74) is 0.0236. The summed E-state index contributed by atoms with van der Waals surface area (Å²) in [6.07, 6.45) is 1.60. The van der Waals surface area contributed by atoms with Gasteiger partial charge in [-0.25, -0.2) is 4.79 Å². The fourth-order valence-corrected chi connectivity index (χ4v) is 4.11. The molecule has 0 saturated heterocycles. The van der Waals surface area contributed by atoms with Crippen LogP contribution in [-0.2, 0) is 19.1 Å². The minimum Gasteiger partial charge on any atom is -0.494 e. The van der Waals surface area contributed by atoms with Crippen molar-refractivity contribution in [3.63, 3.8) is 0 Å². The number of ether oxygens (including phenoxy) is 3. The van der Waals surface area contributed by atoms with Crippen LogP contribution in [0.15, 0.2) is 30.3 Å². The maximum Gasteiger partial charge on any atom is 0.389 e. The lowest BCUT2D eigenvalue weighted by atomic mass is 9.61. The second-order valence-corrected chi connectivity index (χ2v) is 12.5. The molecule has 39 heavy (non-hydrogen) atoms. The Hall–Kier alpha value is -2.51. The second kappa shape index (κ2) is 15.3. The van der Waals surface area contributed by atoms with Crippen LogP contribution in [0.5, 0.6) is 5.75 Å². The minimum atomic E-state index is -4.25. The van der Waals surface area contributed by atoms with E-state index in [2.05, 4.69) is 41.5 Å². The van der Waals surface area contributed by atoms with Crippen molar-refractivity contribution in [2.45, 2.75) is 99.6 Å². The van der Waals surface area contributed by atoms with Crippen LogP contribution in [0.3, 0.4) is 0 Å². The van der Waals surface area contributed by atoms with E-state index in [4.69, 9.17) is 14.2 Å². The van der Waals surface area contributed by atoms with Gasteiger partial charge in [0.05, 0.1) is 25.2 Å². The van der Waals surface area contributed by atoms with Gasteiger partial charge in [0, 0.05) is 12.5 Å². The van der Waals surface area contributed by atoms with Crippen LogP contribution in [0.2, 0.25) is 0 Å². The summed E-state index contributed by atoms with van der Waals surface area (Å²) in [5, 5.41) is 0. The summed E-state index contributed by atoms with van der Waals surface area (Å²) >= 11 is 0. The van der Waals surface area contributed by atoms with Crippen LogP contribution in [0, 0.1) is 16.2 Å². The van der Waals surface area contributed by atoms with Crippen molar-refractivity contribution in [2.75, 3.05) is 19.8 Å². The Morgan fingerprint density at radius 3 is 1.87 bits per heavy atom. The van der Waals surface area contributed by atoms with Gasteiger partial charge in [-0.15, -0.1) is 0 Å². The number of halogens is 3. The predicted octanol–water partition coefficient (Wildman–Crippen LogP) is 8.56. The Bertz CT molecular complexity index is 908. The lowest BCUT2D eigenvalue weighted by Gasteiger charge is -2.43. The number of unbranched alkanes of at least 4 members (excludes halogenated alkanes) is 3. The van der Waals surface area contributed by atoms with E-state index in [1.54, 1.807) is 24.3 Å². The van der Waals surface area contributed by atoms with Crippen LogP contribution < -0.4 is 4.74 Å². The molecule has 0 heterocycles. The summed E-state index contributed by atoms with van der Waals surface area (Å²) in [6, 6.07) is 7.14. The number of esters is 2. The topological polar surface area (TPSA) is 61.8 Å². The van der Waals surface area contributed by atoms with Gasteiger partial charge in [-0.3, -0.25) is 4.79 Å². The van der Waals surface area contributed by atoms with E-state index in [-0.39, 0.29) is 29.8 Å². The number of benzene rings is 1. The monoisotopic (exact) mass is 556 g/mol. The quantitative estimate of drug-likeness (QED) is 0.123. The van der Waals surface area contributed by atoms with Crippen LogP contribution in [0.25, 0.3) is 6.08 Å². The highest BCUT2D eigenvalue weighted by molar-refractivity contribution is 5.87. The third-order valence-electron chi connectivity index (χ3n) is 6.67. The van der Waals surface area contributed by atoms with Gasteiger partial charge >= 0.3 is 18.1 Å². The standard InChI is InChI=1S/C31H47F3O5/c1-28(2,3)23-30(7,29(4,5)6)27(36)39-21-11-9-8-10-20-37-25-16-13-24(14-17-25)15-18-26(35)38-22-12-19-31(32,33)34/h13-18H,8-12,19-23H2,1-7H3/b18-15+. The molecule has 0 bridgehead atoms. The maximum atomic E-state index is 13.0. The molecule has 0 amide bonds. The molecule has 0 spiro atoms. The van der Waals surface area contributed by atoms with E-state index in [1.807, 2.05) is 6.92 Å². The van der Waals surface area contributed by atoms with Gasteiger partial charge in [0.2, 0.25) is 0 Å². The van der Waals surface area contributed by atoms with Crippen molar-refractivity contribution in [3.8, 4) is 5.75 Å². The average Bonchev–Trinajstić information content (AvgIpc) is 2.80. The Kier molecular flexibility index (Phi) is 13.6. The highest BCUT2D eigenvalue weighted by Gasteiger charge is 2.47. The number of carbonyl (C=O) groups is 2. The lowest BCUT2D eigenvalue weighted by Crippen LogP contribution is -2.44. The zero-order chi connectivity index (χ0) is 29.7. The second-order valence-electron chi connectivity index (χ2n) is 12.5. The number of rotatable bonds is 15. The van der Waals surface area contributed by atoms with Crippen molar-refractivity contribution in [1.29, 1.82) is 0 Å². The van der Waals surface area contributed by atoms with Crippen LogP contribution in [0.1, 0.15) is 99.0 Å². The van der Waals surface area contributed by atoms with E-state index in [9.17, 15) is 22.8 Å². The van der Waals surface area contributed by atoms with E-state index >= 15 is 0 Å². The van der Waals surface area contributed by atoms with Crippen LogP contribution in [0.4, 0.5) is 13.2 Å². The van der Waals surface area contributed by atoms with Gasteiger partial charge in [-0.1, -0.05) is 53.7 Å². The number of hydrogen-bond donors (Lipinski definition) is 0. The zero-order valence-electron chi connectivity index (χ0n) is 24.7. The summed E-state index contributed by atoms with van der Waals surface area (Å²) in [7, 11) is 0. The zero-order valence-corrected chi connectivity index (χ0v) is 24.7. The Balaban J connectivity index is 2.27. The van der Waals surface area contributed by atoms with Gasteiger partial charge in [-0.2, -0.15) is 13.2 Å². The fourth-order valence-electron chi connectivity index (χ4n) is 4.11. The summed E-state index contributed by atoms with van der Waals surface area (Å²) in [5.74, 6) is -0.0964. The summed E-state index contributed by atoms with van der Waals surface area (Å²) in [6.45, 7) is 15.5. The Morgan fingerprint density at radius 2 is 1.33 bits per heavy atom. The molecule has 0 aromatic heterocycles. The molecule has 8 heteroatoms. The normalized spacial score (nSPS) is 14.2. The van der Waals surface area contributed by atoms with Gasteiger partial charge in [0.25, 0.3) is 0 Å². The summed E-state index contributed by atoms with van der Waals surface area (Å²) < 4.78 is 52.5. The van der Waals surface area contributed by atoms with E-state index in [1.165, 1.54) is 12.2 Å². The van der Waals surface area contributed by atoms with Gasteiger partial charge in [-0.05, 0) is 80.1 Å². The molecular weight excluding hydrogens is 509 g/mol. The van der Waals surface area contributed by atoms with Crippen LogP contribution in [-0.4, -0.2) is 37.9 Å². The molecule has 0 radical (unpaired) electrons. The fraction of sp³-hybridized carbons (Fsp3) is 0.677. The Labute approximate surface area is 232 Å². The number of hydrogen-bond acceptors (Lipinski definition) is 5. The number of carbonyl (C=O) groups excluding carboxylic acids is 2. The van der Waals surface area contributed by atoms with Gasteiger partial charge < -0.3 is 14.2 Å². The molecule has 0 aliphatic rings. The van der Waals surface area contributed by atoms with E-state index in [0.29, 0.717) is 19.0 Å². The third kappa shape index (κ3) is 14.4. The first-order valence-corrected chi connectivity index (χ1v) is 13.7. The van der Waals surface area contributed by atoms with Crippen molar-refractivity contribution >= 4 is 18.0 Å². The highest BCUT2D eigenvalue weighted by Crippen LogP contribution is 2.47. The molecule has 1 aromatic carbocycles. The molecule has 1 unspecified atom stereocenters. The third-order valence-corrected chi connectivity index (χ3v) is 6.67. The van der Waals surface area contributed by atoms with Gasteiger partial charge in [0.1, 0.15) is 5.75 Å². The Morgan fingerprint density at radius 1 is 0.769 bits per heavy atom. The van der Waals surface area contributed by atoms with Crippen molar-refractivity contribution in [2.24, 2.45) is 16.2 Å². The highest BCUT2D eigenvalue weighted by atomic mass is 19.4. The molecule has 0 fully saturated rings. The lowest BCUT2D eigenvalue weighted by molar-refractivity contribution is -0.165. The van der Waals surface area contributed by atoms with Gasteiger partial charge in [0.15, 0.2) is 0 Å². The molecule has 0 aliphatic heterocycles. The average molecular weight is 557 g/mol. The molecule has 1 aromatic rings. The van der Waals surface area contributed by atoms with Crippen molar-refractivity contribution in [1.82, 2.24) is 0 Å². The molecule has 0 N–H and O–H groups in total.